The van der Waals surface area contributed by atoms with Gasteiger partial charge in [-0.25, -0.2) is 27.5 Å². The van der Waals surface area contributed by atoms with Crippen molar-refractivity contribution in [3.05, 3.63) is 36.2 Å². The second-order valence-corrected chi connectivity index (χ2v) is 12.0. The van der Waals surface area contributed by atoms with Crippen molar-refractivity contribution in [2.45, 2.75) is 38.8 Å². The summed E-state index contributed by atoms with van der Waals surface area (Å²) in [7, 11) is 1.96. The highest BCUT2D eigenvalue weighted by atomic mass is 32.2. The number of thiol groups is 1. The maximum Gasteiger partial charge on any atom is 0.329 e. The number of methoxy groups -OCH3 is 1. The van der Waals surface area contributed by atoms with Gasteiger partial charge in [0, 0.05) is 38.6 Å². The SMILES string of the molecule is COc1cc2c(N)nccc2cc1C[C@H](C(=O)OCC(C)C)N1CC[C@H](N(c2cnc(N(C)C)s2)[SH](=O)=O)C1=O. The number of rotatable bonds is 11. The number of hydrogen-bond acceptors (Lipinski definition) is 11. The van der Waals surface area contributed by atoms with E-state index in [9.17, 15) is 18.0 Å². The van der Waals surface area contributed by atoms with Gasteiger partial charge >= 0.3 is 5.97 Å². The number of carbonyl (C=O) groups excluding carboxylic acids is 2. The molecule has 2 N–H and O–H groups in total. The van der Waals surface area contributed by atoms with Crippen molar-refractivity contribution in [2.24, 2.45) is 5.92 Å². The number of hydrogen-bond donors (Lipinski definition) is 2. The Morgan fingerprint density at radius 1 is 1.27 bits per heavy atom. The Hall–Kier alpha value is -3.65. The molecule has 14 heteroatoms. The molecule has 40 heavy (non-hydrogen) atoms. The molecule has 4 rings (SSSR count). The Balaban J connectivity index is 1.68. The van der Waals surface area contributed by atoms with E-state index < -0.39 is 34.9 Å². The smallest absolute Gasteiger partial charge is 0.329 e. The molecule has 2 atom stereocenters. The maximum atomic E-state index is 13.8. The van der Waals surface area contributed by atoms with E-state index in [-0.39, 0.29) is 31.9 Å². The number of pyridine rings is 1. The van der Waals surface area contributed by atoms with Crippen LogP contribution in [0.15, 0.2) is 30.6 Å². The third-order valence-electron chi connectivity index (χ3n) is 6.59. The Morgan fingerprint density at radius 3 is 2.65 bits per heavy atom. The third-order valence-corrected chi connectivity index (χ3v) is 8.73. The summed E-state index contributed by atoms with van der Waals surface area (Å²) in [6.07, 6.45) is 3.35. The van der Waals surface area contributed by atoms with Crippen molar-refractivity contribution in [1.29, 1.82) is 0 Å². The van der Waals surface area contributed by atoms with E-state index in [1.54, 1.807) is 37.3 Å². The summed E-state index contributed by atoms with van der Waals surface area (Å²) < 4.78 is 37.0. The van der Waals surface area contributed by atoms with Crippen LogP contribution in [0.1, 0.15) is 25.8 Å². The van der Waals surface area contributed by atoms with Gasteiger partial charge in [-0.2, -0.15) is 0 Å². The molecule has 0 unspecified atom stereocenters. The molecule has 3 heterocycles. The number of nitrogen functional groups attached to an aromatic ring is 1. The van der Waals surface area contributed by atoms with Crippen molar-refractivity contribution < 1.29 is 27.5 Å². The summed E-state index contributed by atoms with van der Waals surface area (Å²) in [5.74, 6) is -0.111. The number of likely N-dealkylation sites (tertiary alicyclic amines) is 1. The van der Waals surface area contributed by atoms with Gasteiger partial charge in [-0.05, 0) is 41.5 Å². The summed E-state index contributed by atoms with van der Waals surface area (Å²) in [6.45, 7) is 4.20. The number of nitrogens with two attached hydrogens (primary N) is 1. The zero-order valence-corrected chi connectivity index (χ0v) is 24.8. The van der Waals surface area contributed by atoms with E-state index in [0.29, 0.717) is 32.6 Å². The first kappa shape index (κ1) is 29.3. The lowest BCUT2D eigenvalue weighted by Crippen LogP contribution is -2.48. The van der Waals surface area contributed by atoms with Crippen LogP contribution in [0.5, 0.6) is 5.75 Å². The average molecular weight is 591 g/mol. The third kappa shape index (κ3) is 6.07. The number of thiazole rings is 1. The fourth-order valence-corrected chi connectivity index (χ4v) is 6.41. The van der Waals surface area contributed by atoms with E-state index >= 15 is 0 Å². The topological polar surface area (TPSA) is 148 Å². The fraction of sp³-hybridized carbons (Fsp3) is 0.462. The van der Waals surface area contributed by atoms with Crippen LogP contribution in [0, 0.1) is 5.92 Å². The van der Waals surface area contributed by atoms with Gasteiger partial charge < -0.3 is 25.0 Å². The van der Waals surface area contributed by atoms with Gasteiger partial charge in [-0.3, -0.25) is 4.79 Å². The second kappa shape index (κ2) is 12.3. The molecule has 12 nitrogen and oxygen atoms in total. The molecule has 2 aromatic heterocycles. The number of fused-ring (bicyclic) bond motifs is 1. The number of carbonyl (C=O) groups is 2. The Bertz CT molecular complexity index is 1470. The van der Waals surface area contributed by atoms with Crippen LogP contribution in [-0.4, -0.2) is 81.6 Å². The van der Waals surface area contributed by atoms with Crippen LogP contribution < -0.4 is 19.7 Å². The van der Waals surface area contributed by atoms with E-state index in [1.165, 1.54) is 29.5 Å². The normalized spacial score (nSPS) is 16.1. The van der Waals surface area contributed by atoms with Crippen LogP contribution >= 0.6 is 11.3 Å². The van der Waals surface area contributed by atoms with Crippen molar-refractivity contribution in [3.8, 4) is 5.75 Å². The standard InChI is InChI=1S/C26H34N6O6S2/c1-15(2)14-38-25(34)20(11-17-10-16-6-8-28-23(27)18(16)12-21(17)37-5)31-9-7-19(24(31)33)32(40(35)36)22-13-29-26(39-22)30(3)4/h6,8,10,12-13,15,19-20,40H,7,9,11,14H2,1-5H3,(H2,27,28)/t19-,20+/m0/s1. The minimum atomic E-state index is -3.15. The molecular formula is C26H34N6O6S2. The Morgan fingerprint density at radius 2 is 2.02 bits per heavy atom. The van der Waals surface area contributed by atoms with Crippen LogP contribution in [0.3, 0.4) is 0 Å². The zero-order chi connectivity index (χ0) is 29.1. The van der Waals surface area contributed by atoms with E-state index in [2.05, 4.69) is 9.97 Å². The predicted molar refractivity (Wildman–Crippen MR) is 155 cm³/mol. The number of amides is 1. The van der Waals surface area contributed by atoms with Crippen molar-refractivity contribution >= 4 is 60.8 Å². The fourth-order valence-electron chi connectivity index (χ4n) is 4.63. The van der Waals surface area contributed by atoms with Gasteiger partial charge in [-0.1, -0.05) is 25.2 Å². The average Bonchev–Trinajstić information content (AvgIpc) is 3.53. The van der Waals surface area contributed by atoms with Crippen LogP contribution in [0.4, 0.5) is 16.0 Å². The summed E-state index contributed by atoms with van der Waals surface area (Å²) in [5, 5.41) is 2.45. The first-order valence-corrected chi connectivity index (χ1v) is 14.7. The molecule has 216 valence electrons. The lowest BCUT2D eigenvalue weighted by Gasteiger charge is -2.28. The lowest BCUT2D eigenvalue weighted by atomic mass is 10.00. The molecule has 0 bridgehead atoms. The first-order valence-electron chi connectivity index (χ1n) is 12.8. The monoisotopic (exact) mass is 590 g/mol. The van der Waals surface area contributed by atoms with Gasteiger partial charge in [0.05, 0.1) is 19.9 Å². The molecule has 3 aromatic rings. The number of nitrogens with zero attached hydrogens (tertiary/aromatic N) is 5. The Kier molecular flexibility index (Phi) is 8.98. The van der Waals surface area contributed by atoms with Gasteiger partial charge in [0.25, 0.3) is 0 Å². The minimum absolute atomic E-state index is 0.0921. The molecule has 1 aromatic carbocycles. The lowest BCUT2D eigenvalue weighted by molar-refractivity contribution is -0.154. The van der Waals surface area contributed by atoms with Gasteiger partial charge in [-0.15, -0.1) is 0 Å². The second-order valence-electron chi connectivity index (χ2n) is 10.1. The molecule has 1 aliphatic heterocycles. The van der Waals surface area contributed by atoms with Crippen molar-refractivity contribution in [2.75, 3.05) is 49.3 Å². The van der Waals surface area contributed by atoms with Crippen molar-refractivity contribution in [1.82, 2.24) is 14.9 Å². The number of anilines is 3. The summed E-state index contributed by atoms with van der Waals surface area (Å²) in [5.41, 5.74) is 6.72. The van der Waals surface area contributed by atoms with E-state index in [0.717, 1.165) is 9.69 Å². The van der Waals surface area contributed by atoms with E-state index in [4.69, 9.17) is 15.2 Å². The van der Waals surface area contributed by atoms with Crippen LogP contribution in [0.2, 0.25) is 0 Å². The maximum absolute atomic E-state index is 13.8. The van der Waals surface area contributed by atoms with Gasteiger partial charge in [0.2, 0.25) is 16.8 Å². The van der Waals surface area contributed by atoms with Gasteiger partial charge in [0.1, 0.15) is 28.7 Å². The number of aromatic nitrogens is 2. The predicted octanol–water partition coefficient (Wildman–Crippen LogP) is 2.09. The first-order chi connectivity index (χ1) is 19.0. The molecule has 1 aliphatic rings. The quantitative estimate of drug-likeness (QED) is 0.251. The molecule has 1 amide bonds. The summed E-state index contributed by atoms with van der Waals surface area (Å²) >= 11 is 1.17. The molecule has 0 radical (unpaired) electrons. The number of ether oxygens (including phenoxy) is 2. The Labute approximate surface area is 238 Å². The zero-order valence-electron chi connectivity index (χ0n) is 23.1. The molecule has 1 fully saturated rings. The highest BCUT2D eigenvalue weighted by Crippen LogP contribution is 2.35. The highest BCUT2D eigenvalue weighted by Gasteiger charge is 2.44. The molecule has 0 aliphatic carbocycles. The van der Waals surface area contributed by atoms with Crippen LogP contribution in [0.25, 0.3) is 10.8 Å². The number of esters is 1. The molecule has 1 saturated heterocycles. The molecule has 0 spiro atoms. The van der Waals surface area contributed by atoms with Gasteiger partial charge in [0.15, 0.2) is 5.13 Å². The highest BCUT2D eigenvalue weighted by molar-refractivity contribution is 7.74. The minimum Gasteiger partial charge on any atom is -0.496 e. The largest absolute Gasteiger partial charge is 0.496 e. The summed E-state index contributed by atoms with van der Waals surface area (Å²) in [6, 6.07) is 3.42. The van der Waals surface area contributed by atoms with E-state index in [1.807, 2.05) is 19.9 Å². The summed E-state index contributed by atoms with van der Waals surface area (Å²) in [4.78, 5) is 38.8. The molecular weight excluding hydrogens is 556 g/mol. The number of benzene rings is 1. The van der Waals surface area contributed by atoms with Crippen LogP contribution in [-0.2, 0) is 31.6 Å². The molecule has 0 saturated carbocycles. The van der Waals surface area contributed by atoms with Crippen molar-refractivity contribution in [3.63, 3.8) is 0 Å².